The van der Waals surface area contributed by atoms with Gasteiger partial charge in [-0.25, -0.2) is 4.79 Å². The monoisotopic (exact) mass is 314 g/mol. The molecule has 2 heterocycles. The predicted octanol–water partition coefficient (Wildman–Crippen LogP) is 3.33. The molecule has 0 bridgehead atoms. The zero-order chi connectivity index (χ0) is 15.9. The highest BCUT2D eigenvalue weighted by Gasteiger charge is 2.49. The molecule has 1 N–H and O–H groups in total. The van der Waals surface area contributed by atoms with Crippen molar-refractivity contribution in [3.8, 4) is 0 Å². The summed E-state index contributed by atoms with van der Waals surface area (Å²) in [6, 6.07) is 9.50. The van der Waals surface area contributed by atoms with Gasteiger partial charge in [-0.05, 0) is 43.3 Å². The van der Waals surface area contributed by atoms with Crippen LogP contribution in [-0.2, 0) is 16.9 Å². The van der Waals surface area contributed by atoms with Gasteiger partial charge in [0.05, 0.1) is 6.54 Å². The van der Waals surface area contributed by atoms with E-state index in [0.29, 0.717) is 6.54 Å². The number of carbonyl (C=O) groups is 2. The Labute approximate surface area is 133 Å². The Morgan fingerprint density at radius 1 is 1.23 bits per heavy atom. The molecule has 3 amide bonds. The number of rotatable bonds is 3. The average Bonchev–Trinajstić information content (AvgIpc) is 3.07. The maximum Gasteiger partial charge on any atom is 0.325 e. The molecule has 22 heavy (non-hydrogen) atoms. The first-order valence-corrected chi connectivity index (χ1v) is 8.04. The molecule has 1 aliphatic rings. The molecule has 1 aromatic heterocycles. The molecule has 0 saturated carbocycles. The van der Waals surface area contributed by atoms with Crippen molar-refractivity contribution in [2.45, 2.75) is 32.9 Å². The SMILES string of the molecule is Cc1ccc(C)c(CN2C(=O)NC(C)(c3cccs3)C2=O)c1. The average molecular weight is 314 g/mol. The van der Waals surface area contributed by atoms with Crippen LogP contribution >= 0.6 is 11.3 Å². The van der Waals surface area contributed by atoms with E-state index >= 15 is 0 Å². The molecule has 1 aliphatic heterocycles. The number of hydrogen-bond acceptors (Lipinski definition) is 3. The van der Waals surface area contributed by atoms with Gasteiger partial charge in [-0.2, -0.15) is 0 Å². The van der Waals surface area contributed by atoms with E-state index in [-0.39, 0.29) is 11.9 Å². The molecule has 1 aromatic carbocycles. The summed E-state index contributed by atoms with van der Waals surface area (Å²) in [4.78, 5) is 27.2. The van der Waals surface area contributed by atoms with E-state index in [1.807, 2.05) is 49.6 Å². The van der Waals surface area contributed by atoms with Crippen LogP contribution in [0.2, 0.25) is 0 Å². The number of aryl methyl sites for hydroxylation is 2. The van der Waals surface area contributed by atoms with Crippen LogP contribution in [0, 0.1) is 13.8 Å². The second-order valence-corrected chi connectivity index (χ2v) is 6.80. The quantitative estimate of drug-likeness (QED) is 0.883. The van der Waals surface area contributed by atoms with Crippen molar-refractivity contribution < 1.29 is 9.59 Å². The molecule has 1 fully saturated rings. The lowest BCUT2D eigenvalue weighted by Gasteiger charge is -2.20. The Morgan fingerprint density at radius 3 is 2.68 bits per heavy atom. The van der Waals surface area contributed by atoms with Crippen LogP contribution in [0.1, 0.15) is 28.5 Å². The maximum absolute atomic E-state index is 12.8. The van der Waals surface area contributed by atoms with Gasteiger partial charge in [-0.15, -0.1) is 11.3 Å². The Kier molecular flexibility index (Phi) is 3.53. The molecule has 0 spiro atoms. The third-order valence-corrected chi connectivity index (χ3v) is 5.21. The number of thiophene rings is 1. The molecule has 3 rings (SSSR count). The van der Waals surface area contributed by atoms with Gasteiger partial charge in [0, 0.05) is 4.88 Å². The summed E-state index contributed by atoms with van der Waals surface area (Å²) in [5.74, 6) is -0.194. The van der Waals surface area contributed by atoms with E-state index in [4.69, 9.17) is 0 Å². The summed E-state index contributed by atoms with van der Waals surface area (Å²) in [7, 11) is 0. The van der Waals surface area contributed by atoms with Crippen molar-refractivity contribution >= 4 is 23.3 Å². The summed E-state index contributed by atoms with van der Waals surface area (Å²) in [6.45, 7) is 6.07. The fraction of sp³-hybridized carbons (Fsp3) is 0.294. The van der Waals surface area contributed by atoms with Crippen molar-refractivity contribution in [1.82, 2.24) is 10.2 Å². The molecule has 0 aliphatic carbocycles. The van der Waals surface area contributed by atoms with E-state index in [1.165, 1.54) is 16.2 Å². The first kappa shape index (κ1) is 14.8. The molecule has 2 aromatic rings. The third kappa shape index (κ3) is 2.31. The number of amides is 3. The minimum absolute atomic E-state index is 0.194. The summed E-state index contributed by atoms with van der Waals surface area (Å²) in [6.07, 6.45) is 0. The van der Waals surface area contributed by atoms with Crippen molar-refractivity contribution in [2.75, 3.05) is 0 Å². The second kappa shape index (κ2) is 5.25. The van der Waals surface area contributed by atoms with E-state index in [9.17, 15) is 9.59 Å². The molecule has 114 valence electrons. The van der Waals surface area contributed by atoms with Gasteiger partial charge in [-0.1, -0.05) is 29.8 Å². The van der Waals surface area contributed by atoms with Crippen molar-refractivity contribution in [3.05, 3.63) is 57.3 Å². The molecular formula is C17H18N2O2S. The van der Waals surface area contributed by atoms with Gasteiger partial charge in [0.25, 0.3) is 5.91 Å². The van der Waals surface area contributed by atoms with Gasteiger partial charge in [0.1, 0.15) is 0 Å². The highest BCUT2D eigenvalue weighted by atomic mass is 32.1. The van der Waals surface area contributed by atoms with E-state index in [1.54, 1.807) is 6.92 Å². The molecule has 0 radical (unpaired) electrons. The predicted molar refractivity (Wildman–Crippen MR) is 86.7 cm³/mol. The highest BCUT2D eigenvalue weighted by Crippen LogP contribution is 2.32. The van der Waals surface area contributed by atoms with Gasteiger partial charge in [0.2, 0.25) is 0 Å². The Morgan fingerprint density at radius 2 is 2.00 bits per heavy atom. The van der Waals surface area contributed by atoms with Gasteiger partial charge < -0.3 is 5.32 Å². The number of nitrogens with one attached hydrogen (secondary N) is 1. The Balaban J connectivity index is 1.91. The van der Waals surface area contributed by atoms with Crippen LogP contribution in [0.4, 0.5) is 4.79 Å². The van der Waals surface area contributed by atoms with Gasteiger partial charge in [-0.3, -0.25) is 9.69 Å². The second-order valence-electron chi connectivity index (χ2n) is 5.85. The van der Waals surface area contributed by atoms with E-state index in [2.05, 4.69) is 5.32 Å². The van der Waals surface area contributed by atoms with Crippen molar-refractivity contribution in [1.29, 1.82) is 0 Å². The minimum atomic E-state index is -0.955. The van der Waals surface area contributed by atoms with E-state index < -0.39 is 5.54 Å². The number of urea groups is 1. The van der Waals surface area contributed by atoms with Crippen LogP contribution in [0.5, 0.6) is 0 Å². The Bertz CT molecular complexity index is 739. The third-order valence-electron chi connectivity index (χ3n) is 4.12. The molecule has 5 heteroatoms. The summed E-state index contributed by atoms with van der Waals surface area (Å²) >= 11 is 1.48. The normalized spacial score (nSPS) is 21.3. The summed E-state index contributed by atoms with van der Waals surface area (Å²) < 4.78 is 0. The fourth-order valence-corrected chi connectivity index (χ4v) is 3.55. The van der Waals surface area contributed by atoms with Crippen molar-refractivity contribution in [2.24, 2.45) is 0 Å². The molecule has 4 nitrogen and oxygen atoms in total. The minimum Gasteiger partial charge on any atom is -0.319 e. The van der Waals surface area contributed by atoms with Crippen molar-refractivity contribution in [3.63, 3.8) is 0 Å². The number of benzene rings is 1. The van der Waals surface area contributed by atoms with Crippen LogP contribution in [0.3, 0.4) is 0 Å². The first-order valence-electron chi connectivity index (χ1n) is 7.16. The fourth-order valence-electron chi connectivity index (χ4n) is 2.71. The summed E-state index contributed by atoms with van der Waals surface area (Å²) in [5.41, 5.74) is 2.24. The highest BCUT2D eigenvalue weighted by molar-refractivity contribution is 7.10. The van der Waals surface area contributed by atoms with Gasteiger partial charge >= 0.3 is 6.03 Å². The molecule has 1 atom stereocenters. The lowest BCUT2D eigenvalue weighted by Crippen LogP contribution is -2.40. The topological polar surface area (TPSA) is 49.4 Å². The molecule has 1 saturated heterocycles. The lowest BCUT2D eigenvalue weighted by atomic mass is 10.00. The van der Waals surface area contributed by atoms with E-state index in [0.717, 1.165) is 21.6 Å². The van der Waals surface area contributed by atoms with Gasteiger partial charge in [0.15, 0.2) is 5.54 Å². The Hall–Kier alpha value is -2.14. The number of nitrogens with zero attached hydrogens (tertiary/aromatic N) is 1. The van der Waals surface area contributed by atoms with Crippen LogP contribution in [0.25, 0.3) is 0 Å². The van der Waals surface area contributed by atoms with Crippen LogP contribution in [0.15, 0.2) is 35.7 Å². The molecular weight excluding hydrogens is 296 g/mol. The molecule has 1 unspecified atom stereocenters. The summed E-state index contributed by atoms with van der Waals surface area (Å²) in [5, 5.41) is 4.74. The maximum atomic E-state index is 12.8. The smallest absolute Gasteiger partial charge is 0.319 e. The zero-order valence-corrected chi connectivity index (χ0v) is 13.7. The van der Waals surface area contributed by atoms with Crippen LogP contribution < -0.4 is 5.32 Å². The zero-order valence-electron chi connectivity index (χ0n) is 12.8. The lowest BCUT2D eigenvalue weighted by molar-refractivity contribution is -0.131. The largest absolute Gasteiger partial charge is 0.325 e. The number of carbonyl (C=O) groups excluding carboxylic acids is 2. The standard InChI is InChI=1S/C17H18N2O2S/c1-11-6-7-12(2)13(9-11)10-19-15(20)17(3,18-16(19)21)14-5-4-8-22-14/h4-9H,10H2,1-3H3,(H,18,21). The number of hydrogen-bond donors (Lipinski definition) is 1. The number of imide groups is 1. The van der Waals surface area contributed by atoms with Crippen LogP contribution in [-0.4, -0.2) is 16.8 Å². The first-order chi connectivity index (χ1) is 10.4.